The number of rotatable bonds is 7. The zero-order valence-corrected chi connectivity index (χ0v) is 33.2. The molecule has 10 aromatic carbocycles. The van der Waals surface area contributed by atoms with Crippen LogP contribution in [-0.2, 0) is 0 Å². The highest BCUT2D eigenvalue weighted by molar-refractivity contribution is 6.14. The van der Waals surface area contributed by atoms with Crippen LogP contribution >= 0.6 is 0 Å². The summed E-state index contributed by atoms with van der Waals surface area (Å²) in [6, 6.07) is 82.9. The normalized spacial score (nSPS) is 11.6. The van der Waals surface area contributed by atoms with E-state index in [1.165, 1.54) is 49.2 Å². The Morgan fingerprint density at radius 1 is 0.328 bits per heavy atom. The van der Waals surface area contributed by atoms with Crippen molar-refractivity contribution in [2.24, 2.45) is 0 Å². The lowest BCUT2D eigenvalue weighted by Gasteiger charge is -2.28. The molecule has 286 valence electrons. The molecule has 0 aliphatic carbocycles. The molecule has 0 bridgehead atoms. The molecule has 3 nitrogen and oxygen atoms in total. The maximum atomic E-state index is 6.65. The van der Waals surface area contributed by atoms with E-state index in [-0.39, 0.29) is 0 Å². The number of hydrogen-bond acceptors (Lipinski definition) is 2. The van der Waals surface area contributed by atoms with E-state index in [0.717, 1.165) is 61.6 Å². The molecule has 0 fully saturated rings. The summed E-state index contributed by atoms with van der Waals surface area (Å²) in [5, 5.41) is 6.08. The minimum absolute atomic E-state index is 0.864. The van der Waals surface area contributed by atoms with E-state index in [0.29, 0.717) is 0 Å². The van der Waals surface area contributed by atoms with E-state index in [9.17, 15) is 0 Å². The molecule has 3 heteroatoms. The molecule has 0 unspecified atom stereocenters. The van der Waals surface area contributed by atoms with Gasteiger partial charge in [-0.1, -0.05) is 176 Å². The van der Waals surface area contributed by atoms with E-state index in [2.05, 4.69) is 240 Å². The largest absolute Gasteiger partial charge is 0.438 e. The third-order valence-corrected chi connectivity index (χ3v) is 12.2. The van der Waals surface area contributed by atoms with Crippen molar-refractivity contribution in [3.05, 3.63) is 231 Å². The van der Waals surface area contributed by atoms with Gasteiger partial charge in [0.25, 0.3) is 0 Å². The Bertz CT molecular complexity index is 3560. The molecule has 0 spiro atoms. The fourth-order valence-corrected chi connectivity index (χ4v) is 9.26. The number of benzene rings is 10. The second kappa shape index (κ2) is 14.3. The molecule has 0 radical (unpaired) electrons. The monoisotopic (exact) mass is 778 g/mol. The molecule has 0 atom stereocenters. The van der Waals surface area contributed by atoms with Crippen LogP contribution in [0, 0.1) is 0 Å². The van der Waals surface area contributed by atoms with E-state index in [1.807, 2.05) is 0 Å². The van der Waals surface area contributed by atoms with Gasteiger partial charge in [-0.3, -0.25) is 4.40 Å². The van der Waals surface area contributed by atoms with Gasteiger partial charge in [-0.2, -0.15) is 0 Å². The maximum absolute atomic E-state index is 6.65. The van der Waals surface area contributed by atoms with E-state index >= 15 is 0 Å². The van der Waals surface area contributed by atoms with Crippen LogP contribution in [0.2, 0.25) is 0 Å². The Labute approximate surface area is 353 Å². The van der Waals surface area contributed by atoms with Crippen molar-refractivity contribution in [1.82, 2.24) is 4.40 Å². The maximum Gasteiger partial charge on any atom is 0.213 e. The zero-order chi connectivity index (χ0) is 40.3. The van der Waals surface area contributed by atoms with E-state index < -0.39 is 0 Å². The van der Waals surface area contributed by atoms with Crippen LogP contribution in [0.15, 0.2) is 235 Å². The number of para-hydroxylation sites is 1. The van der Waals surface area contributed by atoms with Crippen molar-refractivity contribution in [3.63, 3.8) is 0 Å². The van der Waals surface area contributed by atoms with Crippen LogP contribution in [0.3, 0.4) is 0 Å². The van der Waals surface area contributed by atoms with Gasteiger partial charge in [0.1, 0.15) is 0 Å². The lowest BCUT2D eigenvalue weighted by molar-refractivity contribution is 0.658. The minimum Gasteiger partial charge on any atom is -0.438 e. The second-order valence-corrected chi connectivity index (χ2v) is 15.7. The molecule has 0 aliphatic rings. The first kappa shape index (κ1) is 34.9. The van der Waals surface area contributed by atoms with Gasteiger partial charge < -0.3 is 9.32 Å². The fourth-order valence-electron chi connectivity index (χ4n) is 9.26. The molecular formula is C58H38N2O. The number of hydrogen-bond donors (Lipinski definition) is 0. The zero-order valence-electron chi connectivity index (χ0n) is 33.2. The Balaban J connectivity index is 0.974. The molecule has 2 aromatic heterocycles. The van der Waals surface area contributed by atoms with Gasteiger partial charge in [0.05, 0.1) is 22.3 Å². The Morgan fingerprint density at radius 3 is 1.52 bits per heavy atom. The summed E-state index contributed by atoms with van der Waals surface area (Å²) in [6.07, 6.45) is 0. The highest BCUT2D eigenvalue weighted by Gasteiger charge is 2.21. The summed E-state index contributed by atoms with van der Waals surface area (Å²) in [7, 11) is 0. The van der Waals surface area contributed by atoms with E-state index in [1.54, 1.807) is 0 Å². The molecule has 0 N–H and O–H groups in total. The summed E-state index contributed by atoms with van der Waals surface area (Å²) < 4.78 is 8.92. The van der Waals surface area contributed by atoms with Crippen LogP contribution in [-0.4, -0.2) is 4.40 Å². The van der Waals surface area contributed by atoms with Crippen molar-refractivity contribution < 1.29 is 4.42 Å². The minimum atomic E-state index is 0.864. The molecular weight excluding hydrogens is 741 g/mol. The number of aromatic nitrogens is 1. The first-order chi connectivity index (χ1) is 30.2. The Kier molecular flexibility index (Phi) is 8.17. The lowest BCUT2D eigenvalue weighted by Crippen LogP contribution is -2.10. The molecule has 12 rings (SSSR count). The highest BCUT2D eigenvalue weighted by atomic mass is 16.3. The number of oxazole rings is 1. The van der Waals surface area contributed by atoms with Gasteiger partial charge in [0, 0.05) is 22.1 Å². The van der Waals surface area contributed by atoms with Crippen molar-refractivity contribution >= 4 is 66.3 Å². The quantitative estimate of drug-likeness (QED) is 0.150. The predicted octanol–water partition coefficient (Wildman–Crippen LogP) is 16.3. The van der Waals surface area contributed by atoms with Gasteiger partial charge in [-0.05, 0) is 110 Å². The molecule has 0 aliphatic heterocycles. The van der Waals surface area contributed by atoms with Crippen LogP contribution in [0.1, 0.15) is 0 Å². The van der Waals surface area contributed by atoms with Crippen LogP contribution in [0.4, 0.5) is 17.1 Å². The summed E-state index contributed by atoms with van der Waals surface area (Å²) in [5.74, 6) is 0. The van der Waals surface area contributed by atoms with Crippen LogP contribution in [0.5, 0.6) is 0 Å². The number of nitrogens with zero attached hydrogens (tertiary/aromatic N) is 2. The highest BCUT2D eigenvalue weighted by Crippen LogP contribution is 2.44. The molecule has 0 saturated carbocycles. The van der Waals surface area contributed by atoms with Gasteiger partial charge in [0.2, 0.25) is 5.71 Å². The Morgan fingerprint density at radius 2 is 0.836 bits per heavy atom. The number of fused-ring (bicyclic) bond motifs is 8. The fraction of sp³-hybridized carbons (Fsp3) is 0. The summed E-state index contributed by atoms with van der Waals surface area (Å²) >= 11 is 0. The average Bonchev–Trinajstić information content (AvgIpc) is 3.87. The topological polar surface area (TPSA) is 20.8 Å². The van der Waals surface area contributed by atoms with Crippen molar-refractivity contribution in [2.45, 2.75) is 0 Å². The first-order valence-electron chi connectivity index (χ1n) is 20.8. The second-order valence-electron chi connectivity index (χ2n) is 15.7. The average molecular weight is 779 g/mol. The van der Waals surface area contributed by atoms with E-state index in [4.69, 9.17) is 4.42 Å². The van der Waals surface area contributed by atoms with Crippen molar-refractivity contribution in [2.75, 3.05) is 4.90 Å². The van der Waals surface area contributed by atoms with Crippen LogP contribution < -0.4 is 4.90 Å². The predicted molar refractivity (Wildman–Crippen MR) is 256 cm³/mol. The van der Waals surface area contributed by atoms with Crippen molar-refractivity contribution in [3.8, 4) is 44.5 Å². The number of anilines is 3. The lowest BCUT2D eigenvalue weighted by atomic mass is 9.97. The first-order valence-corrected chi connectivity index (χ1v) is 20.8. The van der Waals surface area contributed by atoms with Gasteiger partial charge in [-0.25, -0.2) is 0 Å². The smallest absolute Gasteiger partial charge is 0.213 e. The molecule has 0 saturated heterocycles. The van der Waals surface area contributed by atoms with Crippen LogP contribution in [0.25, 0.3) is 93.8 Å². The standard InChI is InChI=1S/C58H38N2O/c1-3-14-39(15-4-1)43-19-13-20-44(36-43)40-26-31-47(32-27-40)59(54-38-46-18-7-8-21-49(46)50-22-9-10-23-51(50)54)48-33-28-41(29-34-48)45-30-35-56-55(37-45)60-53-25-12-11-24-52(53)57(58(60)61-56)42-16-5-2-6-17-42/h1-38H. The van der Waals surface area contributed by atoms with Gasteiger partial charge in [0.15, 0.2) is 5.58 Å². The molecule has 2 heterocycles. The third kappa shape index (κ3) is 5.90. The summed E-state index contributed by atoms with van der Waals surface area (Å²) in [5.41, 5.74) is 16.5. The third-order valence-electron chi connectivity index (χ3n) is 12.2. The van der Waals surface area contributed by atoms with Gasteiger partial charge in [-0.15, -0.1) is 0 Å². The summed E-state index contributed by atoms with van der Waals surface area (Å²) in [4.78, 5) is 2.41. The van der Waals surface area contributed by atoms with Crippen molar-refractivity contribution in [1.29, 1.82) is 0 Å². The molecule has 12 aromatic rings. The van der Waals surface area contributed by atoms with Gasteiger partial charge >= 0.3 is 0 Å². The summed E-state index contributed by atoms with van der Waals surface area (Å²) in [6.45, 7) is 0. The SMILES string of the molecule is c1ccc(-c2cccc(-c3ccc(N(c4ccc(-c5ccc6oc7c(-c8ccccc8)c8ccccc8n7c6c5)cc4)c4cc5ccccc5c5ccccc45)cc3)c2)cc1. The molecule has 61 heavy (non-hydrogen) atoms. The molecule has 0 amide bonds. The Hall–Kier alpha value is -8.14.